The molecule has 3 heterocycles. The molecule has 0 amide bonds. The molecule has 0 saturated carbocycles. The second kappa shape index (κ2) is 13.9. The average molecular weight is 637 g/mol. The smallest absolute Gasteiger partial charge is 0.145 e. The van der Waals surface area contributed by atoms with E-state index in [2.05, 4.69) is 93.6 Å². The highest BCUT2D eigenvalue weighted by molar-refractivity contribution is 6.30. The van der Waals surface area contributed by atoms with Crippen LogP contribution in [0.25, 0.3) is 10.9 Å². The highest BCUT2D eigenvalue weighted by atomic mass is 35.5. The number of aromatic nitrogens is 2. The molecule has 4 aromatic carbocycles. The third kappa shape index (κ3) is 7.18. The molecule has 45 heavy (non-hydrogen) atoms. The Balaban J connectivity index is 1.04. The van der Waals surface area contributed by atoms with Crippen molar-refractivity contribution in [2.45, 2.75) is 31.8 Å². The predicted molar refractivity (Wildman–Crippen MR) is 186 cm³/mol. The Morgan fingerprint density at radius 2 is 1.24 bits per heavy atom. The van der Waals surface area contributed by atoms with Crippen LogP contribution in [0.2, 0.25) is 10.0 Å². The van der Waals surface area contributed by atoms with Crippen LogP contribution in [-0.2, 0) is 13.0 Å². The van der Waals surface area contributed by atoms with Crippen molar-refractivity contribution in [2.75, 3.05) is 44.2 Å². The Labute approximate surface area is 276 Å². The zero-order valence-corrected chi connectivity index (χ0v) is 27.0. The van der Waals surface area contributed by atoms with Gasteiger partial charge in [0.05, 0.1) is 18.1 Å². The van der Waals surface area contributed by atoms with E-state index in [1.165, 1.54) is 29.5 Å². The first-order valence-corrected chi connectivity index (χ1v) is 16.9. The molecule has 2 fully saturated rings. The van der Waals surface area contributed by atoms with Crippen LogP contribution in [0.1, 0.15) is 41.4 Å². The van der Waals surface area contributed by atoms with Crippen molar-refractivity contribution in [1.82, 2.24) is 19.8 Å². The summed E-state index contributed by atoms with van der Waals surface area (Å²) in [7, 11) is 0. The van der Waals surface area contributed by atoms with Crippen molar-refractivity contribution in [2.24, 2.45) is 5.92 Å². The zero-order chi connectivity index (χ0) is 30.6. The Bertz CT molecular complexity index is 1650. The summed E-state index contributed by atoms with van der Waals surface area (Å²) in [5.41, 5.74) is 4.96. The number of benzene rings is 4. The predicted octanol–water partition coefficient (Wildman–Crippen LogP) is 8.30. The van der Waals surface area contributed by atoms with Gasteiger partial charge < -0.3 is 4.90 Å². The summed E-state index contributed by atoms with van der Waals surface area (Å²) in [4.78, 5) is 17.8. The van der Waals surface area contributed by atoms with Crippen LogP contribution in [-0.4, -0.2) is 59.0 Å². The van der Waals surface area contributed by atoms with E-state index in [0.717, 1.165) is 90.7 Å². The SMILES string of the molecule is Clc1ccc(C(c2ccc(Cl)cc2)N2CCN(Cc3nc(N4CCC(Cc5ccccc5)CC4)c4ccccc4n3)CC2)cc1. The molecule has 7 heteroatoms. The minimum absolute atomic E-state index is 0.148. The van der Waals surface area contributed by atoms with Crippen LogP contribution >= 0.6 is 23.2 Å². The first-order valence-electron chi connectivity index (χ1n) is 16.1. The maximum atomic E-state index is 6.25. The van der Waals surface area contributed by atoms with Gasteiger partial charge in [0.15, 0.2) is 0 Å². The summed E-state index contributed by atoms with van der Waals surface area (Å²) >= 11 is 12.5. The fourth-order valence-electron chi connectivity index (χ4n) is 7.00. The highest BCUT2D eigenvalue weighted by Crippen LogP contribution is 2.33. The molecule has 7 rings (SSSR count). The maximum Gasteiger partial charge on any atom is 0.145 e. The first-order chi connectivity index (χ1) is 22.1. The molecule has 2 aliphatic rings. The number of hydrogen-bond acceptors (Lipinski definition) is 5. The molecule has 2 saturated heterocycles. The number of piperidine rings is 1. The number of nitrogens with zero attached hydrogens (tertiary/aromatic N) is 5. The molecule has 0 bridgehead atoms. The van der Waals surface area contributed by atoms with Crippen molar-refractivity contribution >= 4 is 39.9 Å². The van der Waals surface area contributed by atoms with Crippen LogP contribution in [0.4, 0.5) is 5.82 Å². The Kier molecular flexibility index (Phi) is 9.31. The lowest BCUT2D eigenvalue weighted by atomic mass is 9.90. The third-order valence-electron chi connectivity index (χ3n) is 9.42. The van der Waals surface area contributed by atoms with Gasteiger partial charge >= 0.3 is 0 Å². The van der Waals surface area contributed by atoms with Crippen molar-refractivity contribution in [3.63, 3.8) is 0 Å². The lowest BCUT2D eigenvalue weighted by Gasteiger charge is -2.39. The summed E-state index contributed by atoms with van der Waals surface area (Å²) in [6.07, 6.45) is 3.53. The number of para-hydroxylation sites is 1. The molecule has 0 atom stereocenters. The molecule has 0 N–H and O–H groups in total. The fraction of sp³-hybridized carbons (Fsp3) is 0.316. The quantitative estimate of drug-likeness (QED) is 0.171. The fourth-order valence-corrected chi connectivity index (χ4v) is 7.25. The van der Waals surface area contributed by atoms with E-state index in [0.29, 0.717) is 0 Å². The van der Waals surface area contributed by atoms with Gasteiger partial charge in [0.2, 0.25) is 0 Å². The van der Waals surface area contributed by atoms with E-state index in [1.54, 1.807) is 0 Å². The Hall–Kier alpha value is -3.48. The van der Waals surface area contributed by atoms with Crippen molar-refractivity contribution in [3.8, 4) is 0 Å². The van der Waals surface area contributed by atoms with Crippen molar-refractivity contribution in [1.29, 1.82) is 0 Å². The van der Waals surface area contributed by atoms with Gasteiger partial charge in [-0.1, -0.05) is 89.9 Å². The number of anilines is 1. The minimum Gasteiger partial charge on any atom is -0.356 e. The minimum atomic E-state index is 0.148. The molecule has 230 valence electrons. The molecule has 0 unspecified atom stereocenters. The van der Waals surface area contributed by atoms with E-state index < -0.39 is 0 Å². The van der Waals surface area contributed by atoms with E-state index in [4.69, 9.17) is 33.2 Å². The van der Waals surface area contributed by atoms with Crippen LogP contribution in [0.5, 0.6) is 0 Å². The Morgan fingerprint density at radius 1 is 0.644 bits per heavy atom. The normalized spacial score (nSPS) is 16.9. The van der Waals surface area contributed by atoms with Crippen LogP contribution in [0, 0.1) is 5.92 Å². The number of hydrogen-bond donors (Lipinski definition) is 0. The lowest BCUT2D eigenvalue weighted by Crippen LogP contribution is -2.47. The molecule has 0 aliphatic carbocycles. The van der Waals surface area contributed by atoms with Crippen LogP contribution in [0.3, 0.4) is 0 Å². The molecule has 2 aliphatic heterocycles. The summed E-state index contributed by atoms with van der Waals surface area (Å²) in [6, 6.07) is 36.1. The van der Waals surface area contributed by atoms with E-state index in [1.807, 2.05) is 24.3 Å². The Morgan fingerprint density at radius 3 is 1.89 bits per heavy atom. The molecule has 5 aromatic rings. The second-order valence-corrected chi connectivity index (χ2v) is 13.3. The average Bonchev–Trinajstić information content (AvgIpc) is 3.08. The summed E-state index contributed by atoms with van der Waals surface area (Å²) in [5.74, 6) is 2.73. The van der Waals surface area contributed by atoms with Gasteiger partial charge in [0.1, 0.15) is 11.6 Å². The standard InChI is InChI=1S/C38H39Cl2N5/c39-32-14-10-30(11-15-32)37(31-12-16-33(40)17-13-31)44-24-22-43(23-25-44)27-36-41-35-9-5-4-8-34(35)38(42-36)45-20-18-29(19-21-45)26-28-6-2-1-3-7-28/h1-17,29,37H,18-27H2. The van der Waals surface area contributed by atoms with Gasteiger partial charge in [-0.3, -0.25) is 9.80 Å². The number of halogens is 2. The second-order valence-electron chi connectivity index (χ2n) is 12.4. The van der Waals surface area contributed by atoms with E-state index in [-0.39, 0.29) is 6.04 Å². The van der Waals surface area contributed by atoms with E-state index >= 15 is 0 Å². The maximum absolute atomic E-state index is 6.25. The third-order valence-corrected chi connectivity index (χ3v) is 9.92. The van der Waals surface area contributed by atoms with Gasteiger partial charge in [-0.15, -0.1) is 0 Å². The molecular formula is C38H39Cl2N5. The number of rotatable bonds is 8. The molecular weight excluding hydrogens is 597 g/mol. The van der Waals surface area contributed by atoms with Crippen molar-refractivity contribution < 1.29 is 0 Å². The van der Waals surface area contributed by atoms with E-state index in [9.17, 15) is 0 Å². The topological polar surface area (TPSA) is 35.5 Å². The summed E-state index contributed by atoms with van der Waals surface area (Å²) < 4.78 is 0. The molecule has 5 nitrogen and oxygen atoms in total. The van der Waals surface area contributed by atoms with Crippen molar-refractivity contribution in [3.05, 3.63) is 136 Å². The van der Waals surface area contributed by atoms with Gasteiger partial charge in [-0.2, -0.15) is 0 Å². The van der Waals surface area contributed by atoms with Crippen LogP contribution in [0.15, 0.2) is 103 Å². The molecule has 0 spiro atoms. The summed E-state index contributed by atoms with van der Waals surface area (Å²) in [5, 5.41) is 2.66. The van der Waals surface area contributed by atoms with Crippen LogP contribution < -0.4 is 4.90 Å². The largest absolute Gasteiger partial charge is 0.356 e. The highest BCUT2D eigenvalue weighted by Gasteiger charge is 2.28. The lowest BCUT2D eigenvalue weighted by molar-refractivity contribution is 0.103. The van der Waals surface area contributed by atoms with Gasteiger partial charge in [0, 0.05) is 54.7 Å². The van der Waals surface area contributed by atoms with Gasteiger partial charge in [0.25, 0.3) is 0 Å². The number of piperazine rings is 1. The van der Waals surface area contributed by atoms with Gasteiger partial charge in [-0.05, 0) is 78.3 Å². The first kappa shape index (κ1) is 30.2. The summed E-state index contributed by atoms with van der Waals surface area (Å²) in [6.45, 7) is 6.63. The monoisotopic (exact) mass is 635 g/mol. The zero-order valence-electron chi connectivity index (χ0n) is 25.5. The molecule has 1 aromatic heterocycles. The number of fused-ring (bicyclic) bond motifs is 1. The molecule has 0 radical (unpaired) electrons. The van der Waals surface area contributed by atoms with Gasteiger partial charge in [-0.25, -0.2) is 9.97 Å².